The van der Waals surface area contributed by atoms with Crippen LogP contribution in [0.15, 0.2) is 65.6 Å². The van der Waals surface area contributed by atoms with Crippen LogP contribution < -0.4 is 16.2 Å². The van der Waals surface area contributed by atoms with Gasteiger partial charge in [0.2, 0.25) is 11.8 Å². The maximum Gasteiger partial charge on any atom is 0.407 e. The summed E-state index contributed by atoms with van der Waals surface area (Å²) in [6, 6.07) is 16.8. The minimum atomic E-state index is -0.788. The number of carbonyl (C=O) groups excluding carboxylic acids is 4. The third-order valence-corrected chi connectivity index (χ3v) is 13.8. The molecule has 2 saturated heterocycles. The van der Waals surface area contributed by atoms with Crippen molar-refractivity contribution in [2.24, 2.45) is 5.41 Å². The highest BCUT2D eigenvalue weighted by molar-refractivity contribution is 5.88. The lowest BCUT2D eigenvalue weighted by atomic mass is 9.82. The first kappa shape index (κ1) is 41.8. The Morgan fingerprint density at radius 1 is 0.714 bits per heavy atom. The number of nitrogens with zero attached hydrogens (tertiary/aromatic N) is 4. The first-order valence-corrected chi connectivity index (χ1v) is 22.1. The zero-order chi connectivity index (χ0) is 44.0. The molecule has 15 nitrogen and oxygen atoms in total. The fourth-order valence-electron chi connectivity index (χ4n) is 10.6. The Labute approximate surface area is 365 Å². The number of hydrogen-bond donors (Lipinski definition) is 4. The van der Waals surface area contributed by atoms with E-state index in [0.717, 1.165) is 65.9 Å². The van der Waals surface area contributed by atoms with Crippen LogP contribution in [-0.4, -0.2) is 93.1 Å². The van der Waals surface area contributed by atoms with Crippen molar-refractivity contribution in [1.29, 1.82) is 0 Å². The number of fused-ring (bicyclic) bond motifs is 2. The highest BCUT2D eigenvalue weighted by atomic mass is 16.5. The lowest BCUT2D eigenvalue weighted by molar-refractivity contribution is -0.134. The molecule has 1 spiro atoms. The second kappa shape index (κ2) is 17.0. The average molecular weight is 855 g/mol. The number of rotatable bonds is 9. The van der Waals surface area contributed by atoms with E-state index in [-0.39, 0.29) is 28.8 Å². The van der Waals surface area contributed by atoms with Crippen LogP contribution in [0.2, 0.25) is 0 Å². The van der Waals surface area contributed by atoms with Crippen LogP contribution >= 0.6 is 0 Å². The minimum Gasteiger partial charge on any atom is -0.453 e. The summed E-state index contributed by atoms with van der Waals surface area (Å²) in [7, 11) is 2.53. The Hall–Kier alpha value is -6.51. The third kappa shape index (κ3) is 7.93. The van der Waals surface area contributed by atoms with Gasteiger partial charge in [-0.25, -0.2) is 19.6 Å². The summed E-state index contributed by atoms with van der Waals surface area (Å²) in [6.45, 7) is 4.37. The van der Waals surface area contributed by atoms with Crippen LogP contribution in [0.4, 0.5) is 9.59 Å². The number of benzene rings is 3. The number of nitrogens with one attached hydrogen (secondary N) is 4. The fourth-order valence-corrected chi connectivity index (χ4v) is 10.6. The Kier molecular flexibility index (Phi) is 11.3. The number of ether oxygens (including phenoxy) is 2. The Morgan fingerprint density at radius 2 is 1.25 bits per heavy atom. The molecular formula is C48H54N8O7. The Balaban J connectivity index is 0.972. The van der Waals surface area contributed by atoms with Crippen molar-refractivity contribution in [2.75, 3.05) is 27.3 Å². The fraction of sp³-hybridized carbons (Fsp3) is 0.438. The van der Waals surface area contributed by atoms with E-state index in [1.807, 2.05) is 18.3 Å². The first-order valence-electron chi connectivity index (χ1n) is 22.1. The standard InChI is InChI=1S/C48H54N8O7/c1-27(50-46(60)62-3)44(58)55-21-7-9-39(55)41-49-26-38(53-41)30-13-11-29(12-14-30)32-16-17-33(36-25-48(24-35(32)36)19-5-6-20-48)31-15-18-37-34(23-31)43(57)54-42(52-37)40-10-8-22-56(40)45(59)28(2)51-47(61)63-4/h11-18,23,26-28,39-40H,5-10,19-22,24-25H2,1-4H3,(H,49,53)(H,50,60)(H,51,61)(H,52,54,57)/t27-,28+,39+,40+/m1/s1. The highest BCUT2D eigenvalue weighted by Gasteiger charge is 2.42. The molecule has 2 aliphatic carbocycles. The van der Waals surface area contributed by atoms with Crippen molar-refractivity contribution < 1.29 is 28.7 Å². The number of aromatic amines is 2. The van der Waals surface area contributed by atoms with E-state index in [1.54, 1.807) is 23.6 Å². The van der Waals surface area contributed by atoms with Crippen LogP contribution in [0.25, 0.3) is 44.4 Å². The molecule has 4 atom stereocenters. The van der Waals surface area contributed by atoms with Gasteiger partial charge in [-0.2, -0.15) is 0 Å². The summed E-state index contributed by atoms with van der Waals surface area (Å²) < 4.78 is 9.36. The van der Waals surface area contributed by atoms with Crippen molar-refractivity contribution in [3.05, 3.63) is 93.9 Å². The van der Waals surface area contributed by atoms with Crippen LogP contribution in [0.3, 0.4) is 0 Å². The molecule has 4 amide bonds. The van der Waals surface area contributed by atoms with Gasteiger partial charge < -0.3 is 39.9 Å². The summed E-state index contributed by atoms with van der Waals surface area (Å²) in [6.07, 6.45) is 10.4. The van der Waals surface area contributed by atoms with Gasteiger partial charge in [0.1, 0.15) is 23.7 Å². The van der Waals surface area contributed by atoms with Crippen molar-refractivity contribution >= 4 is 34.9 Å². The molecule has 0 bridgehead atoms. The predicted molar refractivity (Wildman–Crippen MR) is 237 cm³/mol. The monoisotopic (exact) mass is 854 g/mol. The number of carbonyl (C=O) groups is 4. The third-order valence-electron chi connectivity index (χ3n) is 13.8. The maximum absolute atomic E-state index is 13.8. The molecule has 3 fully saturated rings. The number of aromatic nitrogens is 4. The second-order valence-electron chi connectivity index (χ2n) is 17.7. The van der Waals surface area contributed by atoms with Crippen molar-refractivity contribution in [3.63, 3.8) is 0 Å². The van der Waals surface area contributed by atoms with Crippen LogP contribution in [0, 0.1) is 5.41 Å². The number of imidazole rings is 1. The molecule has 5 aromatic rings. The minimum absolute atomic E-state index is 0.172. The second-order valence-corrected chi connectivity index (χ2v) is 17.7. The summed E-state index contributed by atoms with van der Waals surface area (Å²) >= 11 is 0. The lowest BCUT2D eigenvalue weighted by Crippen LogP contribution is -2.47. The lowest BCUT2D eigenvalue weighted by Gasteiger charge is -2.27. The van der Waals surface area contributed by atoms with Gasteiger partial charge in [0.25, 0.3) is 5.56 Å². The van der Waals surface area contributed by atoms with Crippen LogP contribution in [-0.2, 0) is 31.9 Å². The zero-order valence-electron chi connectivity index (χ0n) is 36.2. The molecule has 4 aliphatic rings. The van der Waals surface area contributed by atoms with Gasteiger partial charge in [-0.15, -0.1) is 0 Å². The van der Waals surface area contributed by atoms with E-state index < -0.39 is 30.3 Å². The summed E-state index contributed by atoms with van der Waals surface area (Å²) in [5.74, 6) is 0.735. The highest BCUT2D eigenvalue weighted by Crippen LogP contribution is 2.53. The van der Waals surface area contributed by atoms with Gasteiger partial charge in [0.15, 0.2) is 0 Å². The summed E-state index contributed by atoms with van der Waals surface area (Å²) in [5.41, 5.74) is 9.60. The SMILES string of the molecule is COC(=O)N[C@@H](C)C(=O)N1CCC[C@H]1c1nc2ccc(-c3ccc(-c4ccc(-c5cnc([C@@H]6CCCN6C(=O)[C@@H](C)NC(=O)OC)[nH]5)cc4)c4c3CC3(CCCC3)C4)cc2c(=O)[nH]1. The molecule has 2 aliphatic heterocycles. The molecule has 0 radical (unpaired) electrons. The number of H-pyrrole nitrogens is 2. The molecule has 63 heavy (non-hydrogen) atoms. The van der Waals surface area contributed by atoms with Crippen molar-refractivity contribution in [1.82, 2.24) is 40.4 Å². The molecular weight excluding hydrogens is 801 g/mol. The van der Waals surface area contributed by atoms with Crippen molar-refractivity contribution in [3.8, 4) is 33.5 Å². The van der Waals surface area contributed by atoms with E-state index >= 15 is 0 Å². The quantitative estimate of drug-likeness (QED) is 0.120. The van der Waals surface area contributed by atoms with Gasteiger partial charge in [-0.3, -0.25) is 14.4 Å². The number of likely N-dealkylation sites (tertiary alicyclic amines) is 2. The molecule has 9 rings (SSSR count). The van der Waals surface area contributed by atoms with Gasteiger partial charge in [-0.1, -0.05) is 55.3 Å². The number of alkyl carbamates (subject to hydrolysis) is 2. The zero-order valence-corrected chi connectivity index (χ0v) is 36.2. The molecule has 0 unspecified atom stereocenters. The topological polar surface area (TPSA) is 192 Å². The van der Waals surface area contributed by atoms with Crippen LogP contribution in [0.5, 0.6) is 0 Å². The predicted octanol–water partition coefficient (Wildman–Crippen LogP) is 7.12. The first-order chi connectivity index (χ1) is 30.5. The number of hydrogen-bond acceptors (Lipinski definition) is 9. The molecule has 2 aromatic heterocycles. The normalized spacial score (nSPS) is 19.9. The summed E-state index contributed by atoms with van der Waals surface area (Å²) in [5, 5.41) is 5.62. The summed E-state index contributed by atoms with van der Waals surface area (Å²) in [4.78, 5) is 83.5. The van der Waals surface area contributed by atoms with Gasteiger partial charge >= 0.3 is 12.2 Å². The average Bonchev–Trinajstić information content (AvgIpc) is 4.16. The largest absolute Gasteiger partial charge is 0.453 e. The maximum atomic E-state index is 13.8. The smallest absolute Gasteiger partial charge is 0.407 e. The molecule has 4 N–H and O–H groups in total. The molecule has 3 aromatic carbocycles. The van der Waals surface area contributed by atoms with E-state index in [0.29, 0.717) is 36.2 Å². The number of methoxy groups -OCH3 is 2. The van der Waals surface area contributed by atoms with E-state index in [9.17, 15) is 24.0 Å². The Morgan fingerprint density at radius 3 is 1.84 bits per heavy atom. The van der Waals surface area contributed by atoms with E-state index in [1.165, 1.54) is 56.6 Å². The van der Waals surface area contributed by atoms with E-state index in [2.05, 4.69) is 72.5 Å². The number of amides is 4. The van der Waals surface area contributed by atoms with Gasteiger partial charge in [0.05, 0.1) is 49.1 Å². The van der Waals surface area contributed by atoms with Crippen molar-refractivity contribution in [2.45, 2.75) is 102 Å². The molecule has 15 heteroatoms. The van der Waals surface area contributed by atoms with Gasteiger partial charge in [-0.05, 0) is 122 Å². The van der Waals surface area contributed by atoms with Crippen LogP contribution in [0.1, 0.15) is 100 Å². The van der Waals surface area contributed by atoms with E-state index in [4.69, 9.17) is 9.97 Å². The molecule has 1 saturated carbocycles. The molecule has 4 heterocycles. The Bertz CT molecular complexity index is 2650. The molecule has 328 valence electrons. The van der Waals surface area contributed by atoms with Gasteiger partial charge in [0, 0.05) is 13.1 Å².